The van der Waals surface area contributed by atoms with Crippen molar-refractivity contribution in [3.8, 4) is 5.75 Å². The van der Waals surface area contributed by atoms with Crippen LogP contribution in [0.4, 0.5) is 13.2 Å². The maximum absolute atomic E-state index is 12.2. The van der Waals surface area contributed by atoms with Crippen molar-refractivity contribution in [2.24, 2.45) is 5.73 Å². The third kappa shape index (κ3) is 4.17. The highest BCUT2D eigenvalue weighted by atomic mass is 79.9. The third-order valence-electron chi connectivity index (χ3n) is 2.65. The van der Waals surface area contributed by atoms with Crippen molar-refractivity contribution in [3.63, 3.8) is 0 Å². The second kappa shape index (κ2) is 5.93. The summed E-state index contributed by atoms with van der Waals surface area (Å²) in [6.45, 7) is 1.87. The normalized spacial score (nSPS) is 13.5. The number of benzene rings is 1. The summed E-state index contributed by atoms with van der Waals surface area (Å²) >= 11 is 3.33. The molecule has 0 aliphatic rings. The Morgan fingerprint density at radius 1 is 1.39 bits per heavy atom. The van der Waals surface area contributed by atoms with Crippen molar-refractivity contribution in [2.75, 3.05) is 7.11 Å². The fraction of sp³-hybridized carbons (Fsp3) is 0.500. The lowest BCUT2D eigenvalue weighted by molar-refractivity contribution is -0.136. The van der Waals surface area contributed by atoms with Crippen LogP contribution >= 0.6 is 15.9 Å². The van der Waals surface area contributed by atoms with Crippen molar-refractivity contribution >= 4 is 15.9 Å². The Kier molecular flexibility index (Phi) is 5.04. The molecule has 0 heterocycles. The van der Waals surface area contributed by atoms with E-state index in [-0.39, 0.29) is 6.42 Å². The maximum Gasteiger partial charge on any atom is 0.389 e. The lowest BCUT2D eigenvalue weighted by atomic mass is 10.0. The zero-order valence-corrected chi connectivity index (χ0v) is 11.7. The lowest BCUT2D eigenvalue weighted by Gasteiger charge is -2.18. The van der Waals surface area contributed by atoms with Crippen LogP contribution in [0.15, 0.2) is 16.6 Å². The zero-order chi connectivity index (χ0) is 13.9. The van der Waals surface area contributed by atoms with Gasteiger partial charge in [-0.25, -0.2) is 0 Å². The summed E-state index contributed by atoms with van der Waals surface area (Å²) in [4.78, 5) is 0. The highest BCUT2D eigenvalue weighted by Crippen LogP contribution is 2.34. The van der Waals surface area contributed by atoms with Crippen molar-refractivity contribution in [3.05, 3.63) is 27.7 Å². The largest absolute Gasteiger partial charge is 0.496 e. The highest BCUT2D eigenvalue weighted by Gasteiger charge is 2.28. The molecule has 0 saturated heterocycles. The second-order valence-electron chi connectivity index (χ2n) is 4.10. The number of aryl methyl sites for hydroxylation is 1. The van der Waals surface area contributed by atoms with Crippen LogP contribution in [0.3, 0.4) is 0 Å². The predicted octanol–water partition coefficient (Wildman–Crippen LogP) is 4.11. The first-order valence-electron chi connectivity index (χ1n) is 5.41. The lowest BCUT2D eigenvalue weighted by Crippen LogP contribution is -2.16. The molecule has 0 fully saturated rings. The zero-order valence-electron chi connectivity index (χ0n) is 10.1. The van der Waals surface area contributed by atoms with Gasteiger partial charge in [0.1, 0.15) is 5.75 Å². The summed E-state index contributed by atoms with van der Waals surface area (Å²) < 4.78 is 42.4. The van der Waals surface area contributed by atoms with Gasteiger partial charge in [0, 0.05) is 22.5 Å². The minimum atomic E-state index is -4.19. The van der Waals surface area contributed by atoms with E-state index in [9.17, 15) is 13.2 Å². The van der Waals surface area contributed by atoms with Gasteiger partial charge in [0.15, 0.2) is 0 Å². The van der Waals surface area contributed by atoms with Gasteiger partial charge in [-0.05, 0) is 31.0 Å². The van der Waals surface area contributed by atoms with Crippen LogP contribution in [0.2, 0.25) is 0 Å². The summed E-state index contributed by atoms with van der Waals surface area (Å²) in [6, 6.07) is 2.78. The van der Waals surface area contributed by atoms with Crippen molar-refractivity contribution in [2.45, 2.75) is 32.0 Å². The molecular formula is C12H15BrF3NO. The molecule has 0 bridgehead atoms. The van der Waals surface area contributed by atoms with Crippen LogP contribution in [0.5, 0.6) is 5.75 Å². The number of methoxy groups -OCH3 is 1. The molecule has 1 aromatic rings. The Hall–Kier alpha value is -0.750. The Morgan fingerprint density at radius 3 is 2.50 bits per heavy atom. The average molecular weight is 326 g/mol. The number of rotatable bonds is 4. The van der Waals surface area contributed by atoms with Crippen molar-refractivity contribution in [1.82, 2.24) is 0 Å². The Balaban J connectivity index is 2.91. The molecule has 2 nitrogen and oxygen atoms in total. The standard InChI is InChI=1S/C12H15BrF3NO/c1-7-5-11(18-2)8(6-9(7)13)10(17)3-4-12(14,15)16/h5-6,10H,3-4,17H2,1-2H3. The van der Waals surface area contributed by atoms with E-state index in [1.165, 1.54) is 7.11 Å². The number of hydrogen-bond donors (Lipinski definition) is 1. The molecule has 1 unspecified atom stereocenters. The molecule has 0 saturated carbocycles. The first-order valence-corrected chi connectivity index (χ1v) is 6.20. The number of ether oxygens (including phenoxy) is 1. The van der Waals surface area contributed by atoms with Gasteiger partial charge >= 0.3 is 6.18 Å². The monoisotopic (exact) mass is 325 g/mol. The van der Waals surface area contributed by atoms with E-state index in [2.05, 4.69) is 15.9 Å². The smallest absolute Gasteiger partial charge is 0.389 e. The van der Waals surface area contributed by atoms with Crippen LogP contribution < -0.4 is 10.5 Å². The summed E-state index contributed by atoms with van der Waals surface area (Å²) in [5, 5.41) is 0. The summed E-state index contributed by atoms with van der Waals surface area (Å²) in [7, 11) is 1.47. The van der Waals surface area contributed by atoms with Gasteiger partial charge in [-0.2, -0.15) is 13.2 Å². The number of nitrogens with two attached hydrogens (primary N) is 1. The Labute approximate surface area is 112 Å². The second-order valence-corrected chi connectivity index (χ2v) is 4.96. The fourth-order valence-electron chi connectivity index (χ4n) is 1.61. The molecule has 0 spiro atoms. The maximum atomic E-state index is 12.2. The molecule has 0 aliphatic heterocycles. The molecule has 1 rings (SSSR count). The predicted molar refractivity (Wildman–Crippen MR) is 67.6 cm³/mol. The summed E-state index contributed by atoms with van der Waals surface area (Å²) in [6.07, 6.45) is -5.25. The van der Waals surface area contributed by atoms with E-state index >= 15 is 0 Å². The number of alkyl halides is 3. The van der Waals surface area contributed by atoms with E-state index in [4.69, 9.17) is 10.5 Å². The van der Waals surface area contributed by atoms with Crippen LogP contribution in [-0.4, -0.2) is 13.3 Å². The molecule has 18 heavy (non-hydrogen) atoms. The van der Waals surface area contributed by atoms with Crippen LogP contribution in [0.1, 0.15) is 30.0 Å². The molecule has 0 aliphatic carbocycles. The van der Waals surface area contributed by atoms with Crippen molar-refractivity contribution in [1.29, 1.82) is 0 Å². The number of hydrogen-bond acceptors (Lipinski definition) is 2. The molecule has 0 aromatic heterocycles. The SMILES string of the molecule is COc1cc(C)c(Br)cc1C(N)CCC(F)(F)F. The van der Waals surface area contributed by atoms with Gasteiger partial charge in [0.25, 0.3) is 0 Å². The van der Waals surface area contributed by atoms with E-state index in [1.807, 2.05) is 6.92 Å². The molecule has 6 heteroatoms. The van der Waals surface area contributed by atoms with Crippen LogP contribution in [0.25, 0.3) is 0 Å². The minimum Gasteiger partial charge on any atom is -0.496 e. The Morgan fingerprint density at radius 2 is 2.00 bits per heavy atom. The quantitative estimate of drug-likeness (QED) is 0.904. The molecule has 102 valence electrons. The van der Waals surface area contributed by atoms with E-state index < -0.39 is 18.6 Å². The van der Waals surface area contributed by atoms with Gasteiger partial charge in [0.05, 0.1) is 7.11 Å². The molecule has 1 aromatic carbocycles. The van der Waals surface area contributed by atoms with Crippen LogP contribution in [0, 0.1) is 6.92 Å². The third-order valence-corrected chi connectivity index (χ3v) is 3.50. The summed E-state index contributed by atoms with van der Waals surface area (Å²) in [5.74, 6) is 0.519. The van der Waals surface area contributed by atoms with E-state index in [1.54, 1.807) is 12.1 Å². The molecule has 0 radical (unpaired) electrons. The summed E-state index contributed by atoms with van der Waals surface area (Å²) in [5.41, 5.74) is 7.32. The van der Waals surface area contributed by atoms with Gasteiger partial charge in [-0.15, -0.1) is 0 Å². The van der Waals surface area contributed by atoms with Crippen molar-refractivity contribution < 1.29 is 17.9 Å². The van der Waals surface area contributed by atoms with E-state index in [0.717, 1.165) is 10.0 Å². The topological polar surface area (TPSA) is 35.2 Å². The first kappa shape index (κ1) is 15.3. The van der Waals surface area contributed by atoms with Gasteiger partial charge in [-0.3, -0.25) is 0 Å². The van der Waals surface area contributed by atoms with Gasteiger partial charge in [0.2, 0.25) is 0 Å². The fourth-order valence-corrected chi connectivity index (χ4v) is 1.97. The highest BCUT2D eigenvalue weighted by molar-refractivity contribution is 9.10. The minimum absolute atomic E-state index is 0.157. The van der Waals surface area contributed by atoms with E-state index in [0.29, 0.717) is 11.3 Å². The van der Waals surface area contributed by atoms with Gasteiger partial charge in [-0.1, -0.05) is 15.9 Å². The molecular weight excluding hydrogens is 311 g/mol. The number of halogens is 4. The molecule has 1 atom stereocenters. The average Bonchev–Trinajstić information content (AvgIpc) is 2.28. The first-order chi connectivity index (χ1) is 8.24. The van der Waals surface area contributed by atoms with Gasteiger partial charge < -0.3 is 10.5 Å². The Bertz CT molecular complexity index is 421. The van der Waals surface area contributed by atoms with Crippen LogP contribution in [-0.2, 0) is 0 Å². The molecule has 2 N–H and O–H groups in total. The molecule has 0 amide bonds.